The van der Waals surface area contributed by atoms with Gasteiger partial charge in [-0.2, -0.15) is 0 Å². The molecule has 3 N–H and O–H groups in total. The second kappa shape index (κ2) is 5.92. The molecule has 0 saturated carbocycles. The molecule has 7 heteroatoms. The SMILES string of the molecule is CC(N)C(C)C(=O)Nc1ccc([N+](=O)[O-])c(Br)c1. The Bertz CT molecular complexity index is 477. The van der Waals surface area contributed by atoms with Crippen molar-refractivity contribution in [1.82, 2.24) is 0 Å². The summed E-state index contributed by atoms with van der Waals surface area (Å²) in [5, 5.41) is 13.3. The van der Waals surface area contributed by atoms with Gasteiger partial charge in [0.1, 0.15) is 0 Å². The highest BCUT2D eigenvalue weighted by Gasteiger charge is 2.18. The van der Waals surface area contributed by atoms with Crippen LogP contribution < -0.4 is 11.1 Å². The summed E-state index contributed by atoms with van der Waals surface area (Å²) in [5.74, 6) is -0.551. The first kappa shape index (κ1) is 14.6. The van der Waals surface area contributed by atoms with Crippen LogP contribution in [0.25, 0.3) is 0 Å². The molecule has 0 radical (unpaired) electrons. The first-order valence-corrected chi connectivity index (χ1v) is 6.12. The number of carbonyl (C=O) groups is 1. The van der Waals surface area contributed by atoms with Crippen molar-refractivity contribution in [2.75, 3.05) is 5.32 Å². The lowest BCUT2D eigenvalue weighted by atomic mass is 10.0. The van der Waals surface area contributed by atoms with E-state index in [1.807, 2.05) is 0 Å². The second-order valence-electron chi connectivity index (χ2n) is 4.06. The number of anilines is 1. The van der Waals surface area contributed by atoms with Crippen molar-refractivity contribution in [1.29, 1.82) is 0 Å². The Morgan fingerprint density at radius 1 is 1.50 bits per heavy atom. The van der Waals surface area contributed by atoms with Gasteiger partial charge in [0.25, 0.3) is 5.69 Å². The molecule has 1 aromatic carbocycles. The number of nitrogens with two attached hydrogens (primary N) is 1. The molecule has 1 rings (SSSR count). The van der Waals surface area contributed by atoms with Crippen LogP contribution in [-0.2, 0) is 4.79 Å². The Morgan fingerprint density at radius 3 is 2.56 bits per heavy atom. The molecule has 1 amide bonds. The highest BCUT2D eigenvalue weighted by atomic mass is 79.9. The van der Waals surface area contributed by atoms with Gasteiger partial charge in [0.15, 0.2) is 0 Å². The molecule has 0 aliphatic heterocycles. The molecule has 0 bridgehead atoms. The van der Waals surface area contributed by atoms with Crippen LogP contribution in [0.5, 0.6) is 0 Å². The Hall–Kier alpha value is -1.47. The van der Waals surface area contributed by atoms with Gasteiger partial charge >= 0.3 is 0 Å². The first-order chi connectivity index (χ1) is 8.32. The molecule has 0 aromatic heterocycles. The van der Waals surface area contributed by atoms with Gasteiger partial charge in [0.2, 0.25) is 5.91 Å². The Labute approximate surface area is 113 Å². The zero-order chi connectivity index (χ0) is 13.9. The standard InChI is InChI=1S/C11H14BrN3O3/c1-6(7(2)13)11(16)14-8-3-4-10(15(17)18)9(12)5-8/h3-7H,13H2,1-2H3,(H,14,16). The van der Waals surface area contributed by atoms with E-state index >= 15 is 0 Å². The predicted octanol–water partition coefficient (Wildman–Crippen LogP) is 2.28. The molecule has 0 aliphatic rings. The minimum absolute atomic E-state index is 0.0479. The van der Waals surface area contributed by atoms with Gasteiger partial charge in [0.05, 0.1) is 15.3 Å². The number of nitro groups is 1. The Morgan fingerprint density at radius 2 is 2.11 bits per heavy atom. The van der Waals surface area contributed by atoms with Crippen molar-refractivity contribution in [2.24, 2.45) is 11.7 Å². The van der Waals surface area contributed by atoms with Crippen LogP contribution in [-0.4, -0.2) is 16.9 Å². The third-order valence-corrected chi connectivity index (χ3v) is 3.25. The lowest BCUT2D eigenvalue weighted by Gasteiger charge is -2.15. The second-order valence-corrected chi connectivity index (χ2v) is 4.91. The monoisotopic (exact) mass is 315 g/mol. The topological polar surface area (TPSA) is 98.3 Å². The van der Waals surface area contributed by atoms with Gasteiger partial charge in [-0.3, -0.25) is 14.9 Å². The summed E-state index contributed by atoms with van der Waals surface area (Å²) in [5.41, 5.74) is 6.07. The number of amides is 1. The zero-order valence-corrected chi connectivity index (χ0v) is 11.6. The number of nitrogens with one attached hydrogen (secondary N) is 1. The number of nitro benzene ring substituents is 1. The van der Waals surface area contributed by atoms with Crippen molar-refractivity contribution >= 4 is 33.2 Å². The molecule has 6 nitrogen and oxygen atoms in total. The molecule has 2 unspecified atom stereocenters. The number of hydrogen-bond donors (Lipinski definition) is 2. The summed E-state index contributed by atoms with van der Waals surface area (Å²) >= 11 is 3.09. The lowest BCUT2D eigenvalue weighted by molar-refractivity contribution is -0.385. The number of carbonyl (C=O) groups excluding carboxylic acids is 1. The molecular formula is C11H14BrN3O3. The lowest BCUT2D eigenvalue weighted by Crippen LogP contribution is -2.34. The molecule has 18 heavy (non-hydrogen) atoms. The van der Waals surface area contributed by atoms with E-state index in [9.17, 15) is 14.9 Å². The maximum atomic E-state index is 11.7. The van der Waals surface area contributed by atoms with Gasteiger partial charge in [-0.15, -0.1) is 0 Å². The highest BCUT2D eigenvalue weighted by Crippen LogP contribution is 2.27. The summed E-state index contributed by atoms with van der Waals surface area (Å²) in [6, 6.07) is 4.04. The fraction of sp³-hybridized carbons (Fsp3) is 0.364. The number of rotatable bonds is 4. The van der Waals surface area contributed by atoms with E-state index in [2.05, 4.69) is 21.2 Å². The summed E-state index contributed by atoms with van der Waals surface area (Å²) in [6.07, 6.45) is 0. The quantitative estimate of drug-likeness (QED) is 0.657. The van der Waals surface area contributed by atoms with Crippen molar-refractivity contribution < 1.29 is 9.72 Å². The largest absolute Gasteiger partial charge is 0.327 e. The number of nitrogens with zero attached hydrogens (tertiary/aromatic N) is 1. The summed E-state index contributed by atoms with van der Waals surface area (Å²) in [6.45, 7) is 3.47. The number of hydrogen-bond acceptors (Lipinski definition) is 4. The van der Waals surface area contributed by atoms with Gasteiger partial charge in [-0.1, -0.05) is 6.92 Å². The molecule has 0 heterocycles. The predicted molar refractivity (Wildman–Crippen MR) is 72.2 cm³/mol. The molecule has 1 aromatic rings. The van der Waals surface area contributed by atoms with Gasteiger partial charge < -0.3 is 11.1 Å². The van der Waals surface area contributed by atoms with Gasteiger partial charge in [0, 0.05) is 17.8 Å². The van der Waals surface area contributed by atoms with Crippen LogP contribution in [0.3, 0.4) is 0 Å². The van der Waals surface area contributed by atoms with Gasteiger partial charge in [-0.05, 0) is 35.0 Å². The minimum Gasteiger partial charge on any atom is -0.327 e. The zero-order valence-electron chi connectivity index (χ0n) is 10.0. The third-order valence-electron chi connectivity index (χ3n) is 2.61. The molecule has 0 aliphatic carbocycles. The average Bonchev–Trinajstić information content (AvgIpc) is 2.27. The van der Waals surface area contributed by atoms with E-state index in [1.54, 1.807) is 13.8 Å². The Balaban J connectivity index is 2.84. The van der Waals surface area contributed by atoms with E-state index < -0.39 is 4.92 Å². The average molecular weight is 316 g/mol. The van der Waals surface area contributed by atoms with Crippen LogP contribution in [0.2, 0.25) is 0 Å². The van der Waals surface area contributed by atoms with Crippen molar-refractivity contribution in [3.05, 3.63) is 32.8 Å². The van der Waals surface area contributed by atoms with E-state index in [1.165, 1.54) is 18.2 Å². The van der Waals surface area contributed by atoms with Gasteiger partial charge in [-0.25, -0.2) is 0 Å². The maximum Gasteiger partial charge on any atom is 0.283 e. The molecule has 0 fully saturated rings. The molecule has 0 spiro atoms. The van der Waals surface area contributed by atoms with Crippen LogP contribution in [0.1, 0.15) is 13.8 Å². The molecule has 0 saturated heterocycles. The normalized spacial score (nSPS) is 13.8. The van der Waals surface area contributed by atoms with Crippen LogP contribution in [0, 0.1) is 16.0 Å². The van der Waals surface area contributed by atoms with Crippen LogP contribution in [0.15, 0.2) is 22.7 Å². The Kier molecular flexibility index (Phi) is 4.80. The molecular weight excluding hydrogens is 302 g/mol. The van der Waals surface area contributed by atoms with Crippen molar-refractivity contribution in [3.63, 3.8) is 0 Å². The maximum absolute atomic E-state index is 11.7. The minimum atomic E-state index is -0.500. The molecule has 2 atom stereocenters. The number of halogens is 1. The smallest absolute Gasteiger partial charge is 0.283 e. The first-order valence-electron chi connectivity index (χ1n) is 5.33. The van der Waals surface area contributed by atoms with Crippen LogP contribution in [0.4, 0.5) is 11.4 Å². The van der Waals surface area contributed by atoms with E-state index in [-0.39, 0.29) is 23.6 Å². The summed E-state index contributed by atoms with van der Waals surface area (Å²) < 4.78 is 0.318. The van der Waals surface area contributed by atoms with E-state index in [4.69, 9.17) is 5.73 Å². The highest BCUT2D eigenvalue weighted by molar-refractivity contribution is 9.10. The van der Waals surface area contributed by atoms with Crippen LogP contribution >= 0.6 is 15.9 Å². The third kappa shape index (κ3) is 3.51. The van der Waals surface area contributed by atoms with Crippen molar-refractivity contribution in [2.45, 2.75) is 19.9 Å². The summed E-state index contributed by atoms with van der Waals surface area (Å²) in [4.78, 5) is 21.9. The molecule has 98 valence electrons. The van der Waals surface area contributed by atoms with E-state index in [0.29, 0.717) is 10.2 Å². The van der Waals surface area contributed by atoms with E-state index in [0.717, 1.165) is 0 Å². The van der Waals surface area contributed by atoms with Crippen molar-refractivity contribution in [3.8, 4) is 0 Å². The fourth-order valence-corrected chi connectivity index (χ4v) is 1.75. The fourth-order valence-electron chi connectivity index (χ4n) is 1.23. The number of benzene rings is 1. The summed E-state index contributed by atoms with van der Waals surface area (Å²) in [7, 11) is 0.